The average molecular weight is 270 g/mol. The van der Waals surface area contributed by atoms with Crippen LogP contribution in [-0.4, -0.2) is 49.7 Å². The number of likely N-dealkylation sites (N-methyl/N-ethyl adjacent to an activating group) is 1. The van der Waals surface area contributed by atoms with Gasteiger partial charge in [0.1, 0.15) is 5.54 Å². The molecule has 0 aromatic heterocycles. The standard InChI is InChI=1S/C15H30N2O2/c1-5-16-15(3,14(18)19-4)9-7-11-17-10-6-8-13(2)12-17/h13,16H,5-12H2,1-4H3. The van der Waals surface area contributed by atoms with E-state index in [0.29, 0.717) is 0 Å². The molecule has 2 unspecified atom stereocenters. The number of nitrogens with one attached hydrogen (secondary N) is 1. The summed E-state index contributed by atoms with van der Waals surface area (Å²) in [4.78, 5) is 14.4. The number of ether oxygens (including phenoxy) is 1. The number of methoxy groups -OCH3 is 1. The highest BCUT2D eigenvalue weighted by atomic mass is 16.5. The molecule has 4 nitrogen and oxygen atoms in total. The van der Waals surface area contributed by atoms with Crippen molar-refractivity contribution in [3.63, 3.8) is 0 Å². The zero-order valence-electron chi connectivity index (χ0n) is 13.0. The summed E-state index contributed by atoms with van der Waals surface area (Å²) in [6.07, 6.45) is 4.53. The Morgan fingerprint density at radius 2 is 2.26 bits per heavy atom. The van der Waals surface area contributed by atoms with Gasteiger partial charge < -0.3 is 15.0 Å². The molecule has 0 spiro atoms. The maximum Gasteiger partial charge on any atom is 0.325 e. The molecule has 4 heteroatoms. The molecule has 1 aliphatic heterocycles. The summed E-state index contributed by atoms with van der Waals surface area (Å²) >= 11 is 0. The van der Waals surface area contributed by atoms with Gasteiger partial charge in [-0.05, 0) is 58.2 Å². The van der Waals surface area contributed by atoms with E-state index in [9.17, 15) is 4.79 Å². The van der Waals surface area contributed by atoms with E-state index in [1.165, 1.54) is 33.0 Å². The number of hydrogen-bond acceptors (Lipinski definition) is 4. The van der Waals surface area contributed by atoms with Crippen molar-refractivity contribution in [2.75, 3.05) is 33.3 Å². The van der Waals surface area contributed by atoms with E-state index in [1.54, 1.807) is 0 Å². The highest BCUT2D eigenvalue weighted by molar-refractivity contribution is 5.80. The molecule has 1 heterocycles. The van der Waals surface area contributed by atoms with Gasteiger partial charge in [0.2, 0.25) is 0 Å². The Morgan fingerprint density at radius 3 is 2.84 bits per heavy atom. The molecule has 1 N–H and O–H groups in total. The molecule has 0 aliphatic carbocycles. The summed E-state index contributed by atoms with van der Waals surface area (Å²) < 4.78 is 4.91. The Morgan fingerprint density at radius 1 is 1.53 bits per heavy atom. The molecule has 1 rings (SSSR count). The van der Waals surface area contributed by atoms with Gasteiger partial charge in [0, 0.05) is 6.54 Å². The molecular formula is C15H30N2O2. The lowest BCUT2D eigenvalue weighted by Crippen LogP contribution is -2.50. The summed E-state index contributed by atoms with van der Waals surface area (Å²) in [7, 11) is 1.46. The Labute approximate surface area is 117 Å². The third kappa shape index (κ3) is 5.11. The van der Waals surface area contributed by atoms with Crippen LogP contribution >= 0.6 is 0 Å². The van der Waals surface area contributed by atoms with Crippen molar-refractivity contribution in [3.05, 3.63) is 0 Å². The zero-order chi connectivity index (χ0) is 14.3. The van der Waals surface area contributed by atoms with Crippen molar-refractivity contribution < 1.29 is 9.53 Å². The van der Waals surface area contributed by atoms with Crippen LogP contribution in [0.25, 0.3) is 0 Å². The minimum atomic E-state index is -0.537. The second-order valence-corrected chi connectivity index (χ2v) is 6.01. The molecule has 0 aromatic rings. The molecule has 0 bridgehead atoms. The van der Waals surface area contributed by atoms with E-state index in [4.69, 9.17) is 4.74 Å². The molecular weight excluding hydrogens is 240 g/mol. The first kappa shape index (κ1) is 16.4. The number of hydrogen-bond donors (Lipinski definition) is 1. The second-order valence-electron chi connectivity index (χ2n) is 6.01. The topological polar surface area (TPSA) is 41.6 Å². The van der Waals surface area contributed by atoms with E-state index >= 15 is 0 Å². The number of piperidine rings is 1. The number of likely N-dealkylation sites (tertiary alicyclic amines) is 1. The first-order valence-electron chi connectivity index (χ1n) is 7.57. The lowest BCUT2D eigenvalue weighted by atomic mass is 9.94. The van der Waals surface area contributed by atoms with E-state index in [0.717, 1.165) is 31.8 Å². The van der Waals surface area contributed by atoms with Crippen molar-refractivity contribution in [1.29, 1.82) is 0 Å². The van der Waals surface area contributed by atoms with Gasteiger partial charge in [-0.3, -0.25) is 4.79 Å². The number of nitrogens with zero attached hydrogens (tertiary/aromatic N) is 1. The quantitative estimate of drug-likeness (QED) is 0.719. The van der Waals surface area contributed by atoms with Crippen LogP contribution in [0.2, 0.25) is 0 Å². The van der Waals surface area contributed by atoms with Gasteiger partial charge >= 0.3 is 5.97 Å². The third-order valence-electron chi connectivity index (χ3n) is 4.10. The minimum absolute atomic E-state index is 0.152. The maximum absolute atomic E-state index is 11.9. The van der Waals surface area contributed by atoms with Gasteiger partial charge in [0.25, 0.3) is 0 Å². The van der Waals surface area contributed by atoms with Crippen LogP contribution in [0.1, 0.15) is 46.5 Å². The van der Waals surface area contributed by atoms with E-state index in [-0.39, 0.29) is 5.97 Å². The fourth-order valence-corrected chi connectivity index (χ4v) is 3.02. The molecule has 19 heavy (non-hydrogen) atoms. The van der Waals surface area contributed by atoms with Crippen LogP contribution in [0.3, 0.4) is 0 Å². The van der Waals surface area contributed by atoms with Crippen LogP contribution in [0.4, 0.5) is 0 Å². The van der Waals surface area contributed by atoms with Gasteiger partial charge in [-0.25, -0.2) is 0 Å². The molecule has 0 aromatic carbocycles. The largest absolute Gasteiger partial charge is 0.468 e. The lowest BCUT2D eigenvalue weighted by molar-refractivity contribution is -0.148. The molecule has 1 fully saturated rings. The number of esters is 1. The van der Waals surface area contributed by atoms with Gasteiger partial charge in [-0.15, -0.1) is 0 Å². The Bertz CT molecular complexity index is 283. The van der Waals surface area contributed by atoms with Gasteiger partial charge in [-0.2, -0.15) is 0 Å². The normalized spacial score (nSPS) is 23.9. The smallest absolute Gasteiger partial charge is 0.325 e. The predicted octanol–water partition coefficient (Wildman–Crippen LogP) is 2.04. The van der Waals surface area contributed by atoms with Gasteiger partial charge in [-0.1, -0.05) is 13.8 Å². The molecule has 0 amide bonds. The summed E-state index contributed by atoms with van der Waals surface area (Å²) in [6.45, 7) is 10.6. The van der Waals surface area contributed by atoms with Crippen molar-refractivity contribution in [2.24, 2.45) is 5.92 Å². The van der Waals surface area contributed by atoms with Crippen LogP contribution in [-0.2, 0) is 9.53 Å². The molecule has 2 atom stereocenters. The van der Waals surface area contributed by atoms with Crippen molar-refractivity contribution in [2.45, 2.75) is 52.0 Å². The summed E-state index contributed by atoms with van der Waals surface area (Å²) in [6, 6.07) is 0. The van der Waals surface area contributed by atoms with Gasteiger partial charge in [0.15, 0.2) is 0 Å². The van der Waals surface area contributed by atoms with Crippen LogP contribution in [0.5, 0.6) is 0 Å². The van der Waals surface area contributed by atoms with E-state index < -0.39 is 5.54 Å². The fourth-order valence-electron chi connectivity index (χ4n) is 3.02. The Balaban J connectivity index is 2.37. The second kappa shape index (κ2) is 7.85. The zero-order valence-corrected chi connectivity index (χ0v) is 13.0. The van der Waals surface area contributed by atoms with Crippen LogP contribution in [0.15, 0.2) is 0 Å². The van der Waals surface area contributed by atoms with Crippen molar-refractivity contribution in [3.8, 4) is 0 Å². The minimum Gasteiger partial charge on any atom is -0.468 e. The molecule has 112 valence electrons. The molecule has 0 saturated carbocycles. The fraction of sp³-hybridized carbons (Fsp3) is 0.933. The molecule has 1 aliphatic rings. The SMILES string of the molecule is CCNC(C)(CCCN1CCCC(C)C1)C(=O)OC. The first-order valence-corrected chi connectivity index (χ1v) is 7.57. The summed E-state index contributed by atoms with van der Waals surface area (Å²) in [5.74, 6) is 0.663. The van der Waals surface area contributed by atoms with Crippen molar-refractivity contribution >= 4 is 5.97 Å². The number of rotatable bonds is 7. The van der Waals surface area contributed by atoms with E-state index in [2.05, 4.69) is 17.1 Å². The van der Waals surface area contributed by atoms with Crippen LogP contribution in [0, 0.1) is 5.92 Å². The van der Waals surface area contributed by atoms with E-state index in [1.807, 2.05) is 13.8 Å². The Kier molecular flexibility index (Phi) is 6.80. The summed E-state index contributed by atoms with van der Waals surface area (Å²) in [5, 5.41) is 3.26. The molecule has 0 radical (unpaired) electrons. The number of carbonyl (C=O) groups excluding carboxylic acids is 1. The lowest BCUT2D eigenvalue weighted by Gasteiger charge is -2.32. The van der Waals surface area contributed by atoms with Crippen LogP contribution < -0.4 is 5.32 Å². The third-order valence-corrected chi connectivity index (χ3v) is 4.10. The highest BCUT2D eigenvalue weighted by Gasteiger charge is 2.32. The Hall–Kier alpha value is -0.610. The molecule has 1 saturated heterocycles. The first-order chi connectivity index (χ1) is 9.01. The number of carbonyl (C=O) groups is 1. The average Bonchev–Trinajstić information content (AvgIpc) is 2.38. The van der Waals surface area contributed by atoms with Gasteiger partial charge in [0.05, 0.1) is 7.11 Å². The van der Waals surface area contributed by atoms with Crippen molar-refractivity contribution in [1.82, 2.24) is 10.2 Å². The summed E-state index contributed by atoms with van der Waals surface area (Å²) in [5.41, 5.74) is -0.537. The predicted molar refractivity (Wildman–Crippen MR) is 78.2 cm³/mol. The monoisotopic (exact) mass is 270 g/mol. The maximum atomic E-state index is 11.9. The highest BCUT2D eigenvalue weighted by Crippen LogP contribution is 2.18.